The molecule has 1 aromatic carbocycles. The van der Waals surface area contributed by atoms with Crippen LogP contribution in [0, 0.1) is 0 Å². The van der Waals surface area contributed by atoms with Gasteiger partial charge < -0.3 is 5.32 Å². The third kappa shape index (κ3) is 3.30. The smallest absolute Gasteiger partial charge is 0.355 e. The molecule has 110 valence electrons. The molecule has 0 spiro atoms. The summed E-state index contributed by atoms with van der Waals surface area (Å²) in [6.45, 7) is 2.27. The van der Waals surface area contributed by atoms with E-state index < -0.39 is 23.8 Å². The standard InChI is InChI=1S/C14H17F3N2O/c1-9(19-12-7-4-8-18-13(12)20)10-5-2-3-6-11(10)14(15,16)17/h2-3,5-6,9,12,19H,4,7-8H2,1H3,(H,18,20). The van der Waals surface area contributed by atoms with Crippen molar-refractivity contribution in [2.24, 2.45) is 0 Å². The van der Waals surface area contributed by atoms with Gasteiger partial charge in [-0.3, -0.25) is 10.1 Å². The van der Waals surface area contributed by atoms with E-state index in [2.05, 4.69) is 10.6 Å². The fraction of sp³-hybridized carbons (Fsp3) is 0.500. The first-order valence-electron chi connectivity index (χ1n) is 6.59. The number of amides is 1. The molecule has 0 bridgehead atoms. The van der Waals surface area contributed by atoms with E-state index in [1.807, 2.05) is 0 Å². The van der Waals surface area contributed by atoms with Gasteiger partial charge >= 0.3 is 6.18 Å². The lowest BCUT2D eigenvalue weighted by atomic mass is 9.98. The van der Waals surface area contributed by atoms with Crippen LogP contribution < -0.4 is 10.6 Å². The first kappa shape index (κ1) is 14.8. The van der Waals surface area contributed by atoms with Crippen LogP contribution in [-0.4, -0.2) is 18.5 Å². The van der Waals surface area contributed by atoms with Crippen molar-refractivity contribution < 1.29 is 18.0 Å². The average molecular weight is 286 g/mol. The van der Waals surface area contributed by atoms with Crippen LogP contribution in [0.1, 0.15) is 36.9 Å². The number of hydrogen-bond donors (Lipinski definition) is 2. The average Bonchev–Trinajstić information content (AvgIpc) is 2.40. The van der Waals surface area contributed by atoms with Crippen molar-refractivity contribution in [2.75, 3.05) is 6.54 Å². The van der Waals surface area contributed by atoms with Crippen LogP contribution in [0.3, 0.4) is 0 Å². The maximum absolute atomic E-state index is 13.0. The van der Waals surface area contributed by atoms with Gasteiger partial charge in [0.25, 0.3) is 0 Å². The van der Waals surface area contributed by atoms with Gasteiger partial charge in [-0.15, -0.1) is 0 Å². The number of alkyl halides is 3. The van der Waals surface area contributed by atoms with E-state index in [0.29, 0.717) is 13.0 Å². The first-order chi connectivity index (χ1) is 9.39. The third-order valence-corrected chi connectivity index (χ3v) is 3.47. The van der Waals surface area contributed by atoms with Gasteiger partial charge in [-0.2, -0.15) is 13.2 Å². The normalized spacial score (nSPS) is 21.4. The van der Waals surface area contributed by atoms with Crippen molar-refractivity contribution in [2.45, 2.75) is 38.0 Å². The van der Waals surface area contributed by atoms with E-state index in [0.717, 1.165) is 12.5 Å². The van der Waals surface area contributed by atoms with Crippen LogP contribution in [0.15, 0.2) is 24.3 Å². The number of halogens is 3. The summed E-state index contributed by atoms with van der Waals surface area (Å²) in [5, 5.41) is 5.70. The Balaban J connectivity index is 2.17. The van der Waals surface area contributed by atoms with E-state index >= 15 is 0 Å². The second-order valence-corrected chi connectivity index (χ2v) is 4.96. The number of benzene rings is 1. The summed E-state index contributed by atoms with van der Waals surface area (Å²) in [5.74, 6) is -0.146. The molecule has 2 N–H and O–H groups in total. The molecule has 6 heteroatoms. The number of hydrogen-bond acceptors (Lipinski definition) is 2. The van der Waals surface area contributed by atoms with Crippen LogP contribution in [0.5, 0.6) is 0 Å². The predicted octanol–water partition coefficient (Wildman–Crippen LogP) is 2.63. The number of piperidine rings is 1. The molecule has 20 heavy (non-hydrogen) atoms. The molecule has 2 unspecified atom stereocenters. The molecule has 0 aromatic heterocycles. The maximum Gasteiger partial charge on any atom is 0.416 e. The maximum atomic E-state index is 13.0. The summed E-state index contributed by atoms with van der Waals surface area (Å²) in [6, 6.07) is 4.48. The molecule has 1 amide bonds. The molecule has 0 saturated carbocycles. The Morgan fingerprint density at radius 2 is 2.05 bits per heavy atom. The molecule has 1 fully saturated rings. The summed E-state index contributed by atoms with van der Waals surface area (Å²) >= 11 is 0. The number of nitrogens with one attached hydrogen (secondary N) is 2. The van der Waals surface area contributed by atoms with Crippen molar-refractivity contribution in [3.63, 3.8) is 0 Å². The second-order valence-electron chi connectivity index (χ2n) is 4.96. The summed E-state index contributed by atoms with van der Waals surface area (Å²) in [7, 11) is 0. The Morgan fingerprint density at radius 1 is 1.35 bits per heavy atom. The molecule has 1 saturated heterocycles. The van der Waals surface area contributed by atoms with Gasteiger partial charge in [-0.1, -0.05) is 18.2 Å². The number of carbonyl (C=O) groups is 1. The van der Waals surface area contributed by atoms with Gasteiger partial charge in [0.2, 0.25) is 5.91 Å². The lowest BCUT2D eigenvalue weighted by Crippen LogP contribution is -2.49. The van der Waals surface area contributed by atoms with Gasteiger partial charge in [0.05, 0.1) is 11.6 Å². The van der Waals surface area contributed by atoms with Gasteiger partial charge in [0, 0.05) is 12.6 Å². The molecule has 2 rings (SSSR count). The summed E-state index contributed by atoms with van der Waals surface area (Å²) < 4.78 is 38.9. The van der Waals surface area contributed by atoms with E-state index in [1.165, 1.54) is 12.1 Å². The fourth-order valence-electron chi connectivity index (χ4n) is 2.46. The Bertz CT molecular complexity index is 488. The molecule has 1 heterocycles. The minimum absolute atomic E-state index is 0.146. The summed E-state index contributed by atoms with van der Waals surface area (Å²) in [6.07, 6.45) is -2.91. The van der Waals surface area contributed by atoms with Gasteiger partial charge in [-0.25, -0.2) is 0 Å². The fourth-order valence-corrected chi connectivity index (χ4v) is 2.46. The monoisotopic (exact) mass is 286 g/mol. The Labute approximate surface area is 115 Å². The summed E-state index contributed by atoms with van der Waals surface area (Å²) in [4.78, 5) is 11.6. The van der Waals surface area contributed by atoms with E-state index in [9.17, 15) is 18.0 Å². The van der Waals surface area contributed by atoms with Crippen molar-refractivity contribution >= 4 is 5.91 Å². The minimum Gasteiger partial charge on any atom is -0.355 e. The van der Waals surface area contributed by atoms with Crippen LogP contribution in [0.2, 0.25) is 0 Å². The SMILES string of the molecule is CC(NC1CCCNC1=O)c1ccccc1C(F)(F)F. The molecule has 2 atom stereocenters. The quantitative estimate of drug-likeness (QED) is 0.897. The third-order valence-electron chi connectivity index (χ3n) is 3.47. The number of rotatable bonds is 3. The first-order valence-corrected chi connectivity index (χ1v) is 6.59. The zero-order valence-electron chi connectivity index (χ0n) is 11.1. The number of carbonyl (C=O) groups excluding carboxylic acids is 1. The topological polar surface area (TPSA) is 41.1 Å². The van der Waals surface area contributed by atoms with E-state index in [1.54, 1.807) is 13.0 Å². The largest absolute Gasteiger partial charge is 0.416 e. The van der Waals surface area contributed by atoms with Gasteiger partial charge in [0.1, 0.15) is 0 Å². The van der Waals surface area contributed by atoms with E-state index in [-0.39, 0.29) is 11.5 Å². The molecule has 1 aromatic rings. The molecule has 1 aliphatic heterocycles. The zero-order chi connectivity index (χ0) is 14.8. The van der Waals surface area contributed by atoms with Crippen molar-refractivity contribution in [1.82, 2.24) is 10.6 Å². The lowest BCUT2D eigenvalue weighted by Gasteiger charge is -2.27. The van der Waals surface area contributed by atoms with Crippen LogP contribution >= 0.6 is 0 Å². The lowest BCUT2D eigenvalue weighted by molar-refractivity contribution is -0.138. The molecular formula is C14H17F3N2O. The highest BCUT2D eigenvalue weighted by atomic mass is 19.4. The second kappa shape index (κ2) is 5.83. The summed E-state index contributed by atoms with van der Waals surface area (Å²) in [5.41, 5.74) is -0.491. The molecular weight excluding hydrogens is 269 g/mol. The van der Waals surface area contributed by atoms with E-state index in [4.69, 9.17) is 0 Å². The van der Waals surface area contributed by atoms with Crippen molar-refractivity contribution in [3.05, 3.63) is 35.4 Å². The van der Waals surface area contributed by atoms with Gasteiger partial charge in [0.15, 0.2) is 0 Å². The highest BCUT2D eigenvalue weighted by Crippen LogP contribution is 2.34. The molecule has 3 nitrogen and oxygen atoms in total. The zero-order valence-corrected chi connectivity index (χ0v) is 11.1. The minimum atomic E-state index is -4.39. The highest BCUT2D eigenvalue weighted by Gasteiger charge is 2.35. The van der Waals surface area contributed by atoms with Gasteiger partial charge in [-0.05, 0) is 31.4 Å². The van der Waals surface area contributed by atoms with Crippen LogP contribution in [-0.2, 0) is 11.0 Å². The Kier molecular flexibility index (Phi) is 4.32. The van der Waals surface area contributed by atoms with Crippen molar-refractivity contribution in [1.29, 1.82) is 0 Å². The van der Waals surface area contributed by atoms with Crippen LogP contribution in [0.25, 0.3) is 0 Å². The predicted molar refractivity (Wildman–Crippen MR) is 69.0 cm³/mol. The Morgan fingerprint density at radius 3 is 2.70 bits per heavy atom. The Hall–Kier alpha value is -1.56. The van der Waals surface area contributed by atoms with Crippen LogP contribution in [0.4, 0.5) is 13.2 Å². The van der Waals surface area contributed by atoms with Crippen molar-refractivity contribution in [3.8, 4) is 0 Å². The molecule has 1 aliphatic rings. The molecule has 0 aliphatic carbocycles. The molecule has 0 radical (unpaired) electrons. The highest BCUT2D eigenvalue weighted by molar-refractivity contribution is 5.82.